The Bertz CT molecular complexity index is 1510. The van der Waals surface area contributed by atoms with Gasteiger partial charge in [0.25, 0.3) is 0 Å². The third kappa shape index (κ3) is 11.0. The molecule has 0 aromatic heterocycles. The van der Waals surface area contributed by atoms with Gasteiger partial charge in [0, 0.05) is 37.1 Å². The summed E-state index contributed by atoms with van der Waals surface area (Å²) in [6, 6.07) is 31.0. The van der Waals surface area contributed by atoms with Crippen LogP contribution in [-0.4, -0.2) is 37.0 Å². The minimum atomic E-state index is -0.398. The molecule has 4 aromatic rings. The summed E-state index contributed by atoms with van der Waals surface area (Å²) in [4.78, 5) is 49.1. The third-order valence-electron chi connectivity index (χ3n) is 7.44. The fraction of sp³-hybridized carbons (Fsp3) is 0.263. The number of ether oxygens (including phenoxy) is 2. The lowest BCUT2D eigenvalue weighted by molar-refractivity contribution is -0.145. The highest BCUT2D eigenvalue weighted by molar-refractivity contribution is 5.94. The molecule has 0 aliphatic heterocycles. The molecule has 0 unspecified atom stereocenters. The maximum absolute atomic E-state index is 12.5. The third-order valence-corrected chi connectivity index (χ3v) is 7.44. The predicted molar refractivity (Wildman–Crippen MR) is 179 cm³/mol. The van der Waals surface area contributed by atoms with Crippen LogP contribution >= 0.6 is 0 Å². The van der Waals surface area contributed by atoms with Crippen molar-refractivity contribution >= 4 is 35.1 Å². The van der Waals surface area contributed by atoms with Crippen molar-refractivity contribution in [2.24, 2.45) is 0 Å². The van der Waals surface area contributed by atoms with Crippen LogP contribution in [0.5, 0.6) is 0 Å². The molecular formula is C38H40N2O6. The average Bonchev–Trinajstić information content (AvgIpc) is 3.06. The molecule has 0 fully saturated rings. The molecule has 0 radical (unpaired) electrons. The number of amides is 2. The van der Waals surface area contributed by atoms with E-state index in [1.807, 2.05) is 111 Å². The molecular weight excluding hydrogens is 580 g/mol. The highest BCUT2D eigenvalue weighted by Crippen LogP contribution is 2.28. The summed E-state index contributed by atoms with van der Waals surface area (Å²) in [7, 11) is 0. The molecule has 0 atom stereocenters. The highest BCUT2D eigenvalue weighted by atomic mass is 16.5. The molecule has 0 aliphatic rings. The minimum Gasteiger partial charge on any atom is -0.465 e. The first kappa shape index (κ1) is 33.6. The molecule has 8 nitrogen and oxygen atoms in total. The lowest BCUT2D eigenvalue weighted by atomic mass is 9.99. The Morgan fingerprint density at radius 3 is 1.28 bits per heavy atom. The fourth-order valence-corrected chi connectivity index (χ4v) is 4.82. The Kier molecular flexibility index (Phi) is 12.7. The molecule has 0 aliphatic carbocycles. The van der Waals surface area contributed by atoms with Crippen LogP contribution in [-0.2, 0) is 41.5 Å². The largest absolute Gasteiger partial charge is 0.465 e. The number of hydrogen-bond acceptors (Lipinski definition) is 6. The summed E-state index contributed by atoms with van der Waals surface area (Å²) < 4.78 is 10.5. The van der Waals surface area contributed by atoms with Crippen LogP contribution in [0.2, 0.25) is 0 Å². The number of benzene rings is 4. The molecule has 0 saturated heterocycles. The number of carbonyl (C=O) groups is 4. The number of anilines is 2. The van der Waals surface area contributed by atoms with E-state index >= 15 is 0 Å². The van der Waals surface area contributed by atoms with E-state index in [-0.39, 0.29) is 50.7 Å². The van der Waals surface area contributed by atoms with Crippen LogP contribution in [0.1, 0.15) is 47.9 Å². The maximum atomic E-state index is 12.5. The number of rotatable bonds is 15. The quantitative estimate of drug-likeness (QED) is 0.139. The first-order chi connectivity index (χ1) is 22.3. The molecule has 4 rings (SSSR count). The second-order valence-corrected chi connectivity index (χ2v) is 11.1. The van der Waals surface area contributed by atoms with Gasteiger partial charge in [-0.25, -0.2) is 0 Å². The summed E-state index contributed by atoms with van der Waals surface area (Å²) in [6.45, 7) is 4.38. The van der Waals surface area contributed by atoms with Crippen molar-refractivity contribution in [2.45, 2.75) is 52.4 Å². The Morgan fingerprint density at radius 1 is 0.522 bits per heavy atom. The Balaban J connectivity index is 1.19. The van der Waals surface area contributed by atoms with E-state index in [2.05, 4.69) is 10.6 Å². The summed E-state index contributed by atoms with van der Waals surface area (Å²) in [6.07, 6.45) is 1.36. The van der Waals surface area contributed by atoms with Crippen LogP contribution in [0.25, 0.3) is 11.1 Å². The number of hydrogen-bond donors (Lipinski definition) is 2. The SMILES string of the molecule is Cc1cc(-c2ccc(NC(=O)CCC(=O)OCCc3ccccc3)c(C)c2)ccc1NC(=O)CCC(=O)OCCc1ccccc1. The summed E-state index contributed by atoms with van der Waals surface area (Å²) in [5.41, 5.74) is 7.19. The number of nitrogens with one attached hydrogen (secondary N) is 2. The smallest absolute Gasteiger partial charge is 0.306 e. The standard InChI is InChI=1S/C38H40N2O6/c1-27-25-31(13-15-33(27)39-35(41)17-19-37(43)45-23-21-29-9-5-3-6-10-29)32-14-16-34(28(2)26-32)40-36(42)18-20-38(44)46-24-22-30-11-7-4-8-12-30/h3-16,25-26H,17-24H2,1-2H3,(H,39,41)(H,40,42). The molecule has 2 N–H and O–H groups in total. The van der Waals surface area contributed by atoms with Gasteiger partial charge in [0.2, 0.25) is 11.8 Å². The second kappa shape index (κ2) is 17.3. The molecule has 0 spiro atoms. The van der Waals surface area contributed by atoms with Crippen molar-refractivity contribution in [3.8, 4) is 11.1 Å². The van der Waals surface area contributed by atoms with Gasteiger partial charge >= 0.3 is 11.9 Å². The number of esters is 2. The first-order valence-corrected chi connectivity index (χ1v) is 15.5. The van der Waals surface area contributed by atoms with E-state index in [0.717, 1.165) is 33.4 Å². The average molecular weight is 621 g/mol. The van der Waals surface area contributed by atoms with Crippen molar-refractivity contribution < 1.29 is 28.7 Å². The van der Waals surface area contributed by atoms with Gasteiger partial charge in [0.1, 0.15) is 0 Å². The Morgan fingerprint density at radius 2 is 0.913 bits per heavy atom. The van der Waals surface area contributed by atoms with E-state index in [1.165, 1.54) is 0 Å². The molecule has 46 heavy (non-hydrogen) atoms. The molecule has 0 heterocycles. The van der Waals surface area contributed by atoms with Crippen molar-refractivity contribution in [1.29, 1.82) is 0 Å². The van der Waals surface area contributed by atoms with Gasteiger partial charge in [0.05, 0.1) is 26.1 Å². The van der Waals surface area contributed by atoms with E-state index in [1.54, 1.807) is 0 Å². The minimum absolute atomic E-state index is 0.0127. The topological polar surface area (TPSA) is 111 Å². The second-order valence-electron chi connectivity index (χ2n) is 11.1. The van der Waals surface area contributed by atoms with Crippen LogP contribution in [0.15, 0.2) is 97.1 Å². The zero-order valence-corrected chi connectivity index (χ0v) is 26.3. The van der Waals surface area contributed by atoms with Gasteiger partial charge in [-0.15, -0.1) is 0 Å². The maximum Gasteiger partial charge on any atom is 0.306 e. The lowest BCUT2D eigenvalue weighted by Gasteiger charge is -2.13. The van der Waals surface area contributed by atoms with E-state index in [9.17, 15) is 19.2 Å². The van der Waals surface area contributed by atoms with Crippen LogP contribution in [0.3, 0.4) is 0 Å². The number of aryl methyl sites for hydroxylation is 2. The van der Waals surface area contributed by atoms with Gasteiger partial charge in [-0.2, -0.15) is 0 Å². The summed E-state index contributed by atoms with van der Waals surface area (Å²) >= 11 is 0. The molecule has 2 amide bonds. The van der Waals surface area contributed by atoms with E-state index in [4.69, 9.17) is 9.47 Å². The van der Waals surface area contributed by atoms with Gasteiger partial charge < -0.3 is 20.1 Å². The van der Waals surface area contributed by atoms with Crippen molar-refractivity contribution in [2.75, 3.05) is 23.8 Å². The van der Waals surface area contributed by atoms with Gasteiger partial charge in [-0.1, -0.05) is 72.8 Å². The Labute approximate surface area is 270 Å². The normalized spacial score (nSPS) is 10.6. The number of carbonyl (C=O) groups excluding carboxylic acids is 4. The van der Waals surface area contributed by atoms with Crippen LogP contribution < -0.4 is 10.6 Å². The lowest BCUT2D eigenvalue weighted by Crippen LogP contribution is -2.16. The molecule has 238 valence electrons. The van der Waals surface area contributed by atoms with Crippen molar-refractivity contribution in [1.82, 2.24) is 0 Å². The summed E-state index contributed by atoms with van der Waals surface area (Å²) in [5.74, 6) is -1.31. The molecule has 0 bridgehead atoms. The van der Waals surface area contributed by atoms with Crippen LogP contribution in [0.4, 0.5) is 11.4 Å². The molecule has 4 aromatic carbocycles. The van der Waals surface area contributed by atoms with Gasteiger partial charge in [-0.05, 0) is 71.5 Å². The zero-order chi connectivity index (χ0) is 32.7. The Hall–Kier alpha value is -5.24. The monoisotopic (exact) mass is 620 g/mol. The molecule has 0 saturated carbocycles. The van der Waals surface area contributed by atoms with Crippen molar-refractivity contribution in [3.63, 3.8) is 0 Å². The summed E-state index contributed by atoms with van der Waals surface area (Å²) in [5, 5.41) is 5.76. The molecule has 8 heteroatoms. The van der Waals surface area contributed by atoms with Crippen LogP contribution in [0, 0.1) is 13.8 Å². The first-order valence-electron chi connectivity index (χ1n) is 15.5. The van der Waals surface area contributed by atoms with Gasteiger partial charge in [0.15, 0.2) is 0 Å². The van der Waals surface area contributed by atoms with E-state index in [0.29, 0.717) is 24.2 Å². The predicted octanol–water partition coefficient (Wildman–Crippen LogP) is 6.98. The fourth-order valence-electron chi connectivity index (χ4n) is 4.82. The zero-order valence-electron chi connectivity index (χ0n) is 26.3. The van der Waals surface area contributed by atoms with Gasteiger partial charge in [-0.3, -0.25) is 19.2 Å². The van der Waals surface area contributed by atoms with Crippen molar-refractivity contribution in [3.05, 3.63) is 119 Å². The highest BCUT2D eigenvalue weighted by Gasteiger charge is 2.13. The van der Waals surface area contributed by atoms with E-state index < -0.39 is 11.9 Å².